The standard InChI is InChI=1S/C23H19N/c1-14-8-9-16-15(12-14)13-20-21-17(16)10-11-24-22(21)18-6-4-5-7-19(18)23(20,2)3/h4-13H,1-3H3. The maximum Gasteiger partial charge on any atom is 0.0786 e. The molecule has 0 unspecified atom stereocenters. The normalized spacial score (nSPS) is 14.8. The van der Waals surface area contributed by atoms with Gasteiger partial charge in [-0.3, -0.25) is 4.98 Å². The molecule has 4 aromatic rings. The van der Waals surface area contributed by atoms with E-state index in [0.717, 1.165) is 5.69 Å². The Balaban J connectivity index is 2.07. The van der Waals surface area contributed by atoms with Crippen LogP contribution >= 0.6 is 0 Å². The van der Waals surface area contributed by atoms with Gasteiger partial charge in [-0.2, -0.15) is 0 Å². The fourth-order valence-electron chi connectivity index (χ4n) is 4.31. The van der Waals surface area contributed by atoms with Crippen molar-refractivity contribution in [1.82, 2.24) is 4.98 Å². The lowest BCUT2D eigenvalue weighted by atomic mass is 9.69. The van der Waals surface area contributed by atoms with E-state index in [0.29, 0.717) is 0 Å². The minimum atomic E-state index is -0.0250. The third-order valence-electron chi connectivity index (χ3n) is 5.55. The van der Waals surface area contributed by atoms with Crippen molar-refractivity contribution < 1.29 is 0 Å². The van der Waals surface area contributed by atoms with Crippen LogP contribution in [0.4, 0.5) is 0 Å². The first-order valence-corrected chi connectivity index (χ1v) is 8.50. The molecule has 1 aromatic heterocycles. The van der Waals surface area contributed by atoms with E-state index in [1.807, 2.05) is 6.20 Å². The van der Waals surface area contributed by atoms with Crippen LogP contribution in [-0.4, -0.2) is 4.98 Å². The molecule has 5 rings (SSSR count). The number of rotatable bonds is 0. The predicted octanol–water partition coefficient (Wildman–Crippen LogP) is 6.00. The Morgan fingerprint density at radius 2 is 1.67 bits per heavy atom. The van der Waals surface area contributed by atoms with E-state index in [9.17, 15) is 0 Å². The minimum Gasteiger partial charge on any atom is -0.256 e. The van der Waals surface area contributed by atoms with Crippen molar-refractivity contribution in [2.24, 2.45) is 0 Å². The van der Waals surface area contributed by atoms with E-state index in [1.54, 1.807) is 0 Å². The van der Waals surface area contributed by atoms with Gasteiger partial charge in [0.25, 0.3) is 0 Å². The molecule has 0 saturated carbocycles. The largest absolute Gasteiger partial charge is 0.256 e. The molecule has 0 aliphatic heterocycles. The molecule has 1 aliphatic carbocycles. The molecular formula is C23H19N. The monoisotopic (exact) mass is 309 g/mol. The van der Waals surface area contributed by atoms with Gasteiger partial charge >= 0.3 is 0 Å². The Bertz CT molecular complexity index is 1140. The zero-order valence-corrected chi connectivity index (χ0v) is 14.2. The van der Waals surface area contributed by atoms with Crippen molar-refractivity contribution in [1.29, 1.82) is 0 Å². The average Bonchev–Trinajstić information content (AvgIpc) is 2.59. The van der Waals surface area contributed by atoms with Crippen LogP contribution in [-0.2, 0) is 5.41 Å². The molecule has 1 nitrogen and oxygen atoms in total. The van der Waals surface area contributed by atoms with Crippen LogP contribution in [0.5, 0.6) is 0 Å². The summed E-state index contributed by atoms with van der Waals surface area (Å²) in [7, 11) is 0. The van der Waals surface area contributed by atoms with E-state index in [1.165, 1.54) is 43.8 Å². The van der Waals surface area contributed by atoms with E-state index in [-0.39, 0.29) is 5.41 Å². The average molecular weight is 309 g/mol. The van der Waals surface area contributed by atoms with Crippen LogP contribution in [0.2, 0.25) is 0 Å². The number of benzene rings is 3. The first-order valence-electron chi connectivity index (χ1n) is 8.50. The SMILES string of the molecule is Cc1ccc2c(c1)cc1c3c(nccc32)-c2ccccc2C1(C)C. The predicted molar refractivity (Wildman–Crippen MR) is 102 cm³/mol. The molecule has 24 heavy (non-hydrogen) atoms. The molecule has 0 fully saturated rings. The topological polar surface area (TPSA) is 12.9 Å². The van der Waals surface area contributed by atoms with Gasteiger partial charge in [0.05, 0.1) is 5.69 Å². The molecule has 1 aliphatic rings. The molecule has 116 valence electrons. The maximum absolute atomic E-state index is 4.77. The highest BCUT2D eigenvalue weighted by atomic mass is 14.7. The third-order valence-corrected chi connectivity index (χ3v) is 5.55. The number of nitrogens with zero attached hydrogens (tertiary/aromatic N) is 1. The Morgan fingerprint density at radius 3 is 2.54 bits per heavy atom. The van der Waals surface area contributed by atoms with Gasteiger partial charge in [0.15, 0.2) is 0 Å². The first-order chi connectivity index (χ1) is 11.6. The summed E-state index contributed by atoms with van der Waals surface area (Å²) in [6.07, 6.45) is 1.95. The number of hydrogen-bond donors (Lipinski definition) is 0. The molecule has 0 radical (unpaired) electrons. The summed E-state index contributed by atoms with van der Waals surface area (Å²) in [4.78, 5) is 4.77. The molecule has 1 heterocycles. The van der Waals surface area contributed by atoms with Crippen molar-refractivity contribution in [3.8, 4) is 11.3 Å². The van der Waals surface area contributed by atoms with Gasteiger partial charge in [0, 0.05) is 22.6 Å². The Morgan fingerprint density at radius 1 is 0.833 bits per heavy atom. The second-order valence-corrected chi connectivity index (χ2v) is 7.40. The number of fused-ring (bicyclic) bond motifs is 4. The van der Waals surface area contributed by atoms with E-state index in [4.69, 9.17) is 4.98 Å². The van der Waals surface area contributed by atoms with Crippen LogP contribution < -0.4 is 0 Å². The second-order valence-electron chi connectivity index (χ2n) is 7.40. The highest BCUT2D eigenvalue weighted by molar-refractivity contribution is 6.14. The van der Waals surface area contributed by atoms with Crippen molar-refractivity contribution in [2.75, 3.05) is 0 Å². The van der Waals surface area contributed by atoms with E-state index in [2.05, 4.69) is 75.4 Å². The number of pyridine rings is 1. The summed E-state index contributed by atoms with van der Waals surface area (Å²) in [6.45, 7) is 6.82. The zero-order valence-electron chi connectivity index (χ0n) is 14.2. The van der Waals surface area contributed by atoms with Crippen LogP contribution in [0, 0.1) is 6.92 Å². The zero-order chi connectivity index (χ0) is 16.5. The Hall–Kier alpha value is -2.67. The highest BCUT2D eigenvalue weighted by Crippen LogP contribution is 2.49. The molecule has 0 atom stereocenters. The lowest BCUT2D eigenvalue weighted by Gasteiger charge is -2.35. The quantitative estimate of drug-likeness (QED) is 0.363. The molecule has 3 aromatic carbocycles. The van der Waals surface area contributed by atoms with Gasteiger partial charge in [0.2, 0.25) is 0 Å². The summed E-state index contributed by atoms with van der Waals surface area (Å²) in [5, 5.41) is 5.27. The van der Waals surface area contributed by atoms with Crippen molar-refractivity contribution in [3.05, 3.63) is 77.5 Å². The highest BCUT2D eigenvalue weighted by Gasteiger charge is 2.34. The first kappa shape index (κ1) is 13.7. The summed E-state index contributed by atoms with van der Waals surface area (Å²) >= 11 is 0. The summed E-state index contributed by atoms with van der Waals surface area (Å²) in [5.74, 6) is 0. The minimum absolute atomic E-state index is 0.0250. The summed E-state index contributed by atoms with van der Waals surface area (Å²) in [5.41, 5.74) is 6.43. The van der Waals surface area contributed by atoms with Crippen LogP contribution in [0.1, 0.15) is 30.5 Å². The molecule has 0 amide bonds. The molecule has 0 saturated heterocycles. The number of aromatic nitrogens is 1. The van der Waals surface area contributed by atoms with Crippen molar-refractivity contribution in [2.45, 2.75) is 26.2 Å². The van der Waals surface area contributed by atoms with Crippen LogP contribution in [0.3, 0.4) is 0 Å². The molecule has 0 spiro atoms. The van der Waals surface area contributed by atoms with E-state index >= 15 is 0 Å². The van der Waals surface area contributed by atoms with Gasteiger partial charge in [-0.25, -0.2) is 0 Å². The van der Waals surface area contributed by atoms with Crippen LogP contribution in [0.15, 0.2) is 60.8 Å². The van der Waals surface area contributed by atoms with Gasteiger partial charge < -0.3 is 0 Å². The van der Waals surface area contributed by atoms with Crippen molar-refractivity contribution in [3.63, 3.8) is 0 Å². The number of aryl methyl sites for hydroxylation is 1. The van der Waals surface area contributed by atoms with Gasteiger partial charge in [-0.05, 0) is 46.3 Å². The van der Waals surface area contributed by atoms with Gasteiger partial charge in [0.1, 0.15) is 0 Å². The van der Waals surface area contributed by atoms with E-state index < -0.39 is 0 Å². The molecule has 0 N–H and O–H groups in total. The van der Waals surface area contributed by atoms with Gasteiger partial charge in [-0.15, -0.1) is 0 Å². The summed E-state index contributed by atoms with van der Waals surface area (Å²) < 4.78 is 0. The summed E-state index contributed by atoms with van der Waals surface area (Å²) in [6, 6.07) is 20.0. The second kappa shape index (κ2) is 4.45. The van der Waals surface area contributed by atoms with Gasteiger partial charge in [-0.1, -0.05) is 61.9 Å². The third kappa shape index (κ3) is 1.62. The van der Waals surface area contributed by atoms with Crippen molar-refractivity contribution >= 4 is 21.5 Å². The van der Waals surface area contributed by atoms with Crippen LogP contribution in [0.25, 0.3) is 32.8 Å². The lowest BCUT2D eigenvalue weighted by molar-refractivity contribution is 0.645. The molecule has 1 heteroatoms. The smallest absolute Gasteiger partial charge is 0.0786 e. The fraction of sp³-hybridized carbons (Fsp3) is 0.174. The number of hydrogen-bond acceptors (Lipinski definition) is 1. The fourth-order valence-corrected chi connectivity index (χ4v) is 4.31. The Kier molecular flexibility index (Phi) is 2.55. The lowest BCUT2D eigenvalue weighted by Crippen LogP contribution is -2.24. The maximum atomic E-state index is 4.77. The molecule has 0 bridgehead atoms. The Labute approximate surface area is 142 Å². The molecular weight excluding hydrogens is 290 g/mol.